The van der Waals surface area contributed by atoms with Gasteiger partial charge in [-0.1, -0.05) is 6.92 Å². The zero-order valence-electron chi connectivity index (χ0n) is 41.6. The predicted octanol–water partition coefficient (Wildman–Crippen LogP) is 2.02. The normalized spacial score (nSPS) is 20.7. The average Bonchev–Trinajstić information content (AvgIpc) is 3.24. The standard InChI is InChI=1S/C44H78N7O16P/c1-10-17-48-29-49(31-50(30-48)19-23-64-68(63-20-12-15-45)51(32(2)3)33(4)5)18-22-60-40(57)14-11-13-39(56)46-16-21-58-24-25-59-26-27-61-44-41(47-34(6)52)43(66-37(9)55)42(65-36(8)54)38(67-44)28-62-35(7)53/h32-33,38,41-44H,10-14,16-31H2,1-9H3,(H,46,56)(H,47,52). The number of esters is 4. The Bertz CT molecular complexity index is 1550. The maximum Gasteiger partial charge on any atom is 0.305 e. The molecule has 2 fully saturated rings. The van der Waals surface area contributed by atoms with Gasteiger partial charge in [0.1, 0.15) is 25.4 Å². The number of ether oxygens (including phenoxy) is 8. The molecule has 0 saturated carbocycles. The molecule has 0 spiro atoms. The molecule has 0 aromatic rings. The van der Waals surface area contributed by atoms with Gasteiger partial charge in [0, 0.05) is 78.8 Å². The Balaban J connectivity index is 1.66. The van der Waals surface area contributed by atoms with Crippen molar-refractivity contribution in [3.63, 3.8) is 0 Å². The summed E-state index contributed by atoms with van der Waals surface area (Å²) in [6.07, 6.45) is -2.80. The minimum atomic E-state index is -1.32. The van der Waals surface area contributed by atoms with Gasteiger partial charge < -0.3 is 57.6 Å². The van der Waals surface area contributed by atoms with Crippen LogP contribution in [0.3, 0.4) is 0 Å². The molecule has 6 atom stereocenters. The lowest BCUT2D eigenvalue weighted by Crippen LogP contribution is -2.66. The lowest BCUT2D eigenvalue weighted by Gasteiger charge is -2.44. The lowest BCUT2D eigenvalue weighted by atomic mass is 9.96. The van der Waals surface area contributed by atoms with Crippen molar-refractivity contribution in [3.8, 4) is 6.07 Å². The minimum Gasteiger partial charge on any atom is -0.464 e. The summed E-state index contributed by atoms with van der Waals surface area (Å²) in [5.74, 6) is -3.11. The van der Waals surface area contributed by atoms with Gasteiger partial charge in [-0.05, 0) is 40.5 Å². The number of nitriles is 1. The Morgan fingerprint density at radius 1 is 0.735 bits per heavy atom. The van der Waals surface area contributed by atoms with Gasteiger partial charge in [-0.15, -0.1) is 0 Å². The van der Waals surface area contributed by atoms with Crippen LogP contribution in [-0.2, 0) is 75.7 Å². The third-order valence-electron chi connectivity index (χ3n) is 9.99. The van der Waals surface area contributed by atoms with Gasteiger partial charge in [-0.2, -0.15) is 5.26 Å². The molecule has 2 rings (SSSR count). The quantitative estimate of drug-likeness (QED) is 0.0405. The van der Waals surface area contributed by atoms with E-state index in [0.29, 0.717) is 45.8 Å². The molecule has 2 amide bonds. The summed E-state index contributed by atoms with van der Waals surface area (Å²) in [5.41, 5.74) is 0. The van der Waals surface area contributed by atoms with Crippen LogP contribution in [0.5, 0.6) is 0 Å². The van der Waals surface area contributed by atoms with E-state index in [-0.39, 0.29) is 89.6 Å². The third-order valence-corrected chi connectivity index (χ3v) is 12.1. The first-order chi connectivity index (χ1) is 32.4. The second-order valence-corrected chi connectivity index (χ2v) is 18.2. The molecule has 2 aliphatic heterocycles. The van der Waals surface area contributed by atoms with Crippen LogP contribution < -0.4 is 10.6 Å². The molecule has 2 saturated heterocycles. The molecule has 68 heavy (non-hydrogen) atoms. The number of carbonyl (C=O) groups excluding carboxylic acids is 6. The number of hydrogen-bond donors (Lipinski definition) is 2. The SMILES string of the molecule is CCCN1CN(CCOC(=O)CCCC(=O)NCCOCCOCCOC2OC(COC(C)=O)C(OC(C)=O)C(OC(C)=O)C2NC(C)=O)CN(CCOP(OCCC#N)N(C(C)C)C(C)C)C1. The number of rotatable bonds is 34. The minimum absolute atomic E-state index is 0.0252. The molecule has 390 valence electrons. The number of nitrogens with zero attached hydrogens (tertiary/aromatic N) is 5. The van der Waals surface area contributed by atoms with Crippen molar-refractivity contribution in [2.24, 2.45) is 0 Å². The fourth-order valence-electron chi connectivity index (χ4n) is 7.37. The van der Waals surface area contributed by atoms with E-state index < -0.39 is 63.0 Å². The van der Waals surface area contributed by atoms with Crippen LogP contribution in [0.1, 0.15) is 94.4 Å². The van der Waals surface area contributed by atoms with Crippen LogP contribution >= 0.6 is 8.53 Å². The van der Waals surface area contributed by atoms with Crippen molar-refractivity contribution in [1.82, 2.24) is 30.0 Å². The van der Waals surface area contributed by atoms with E-state index in [9.17, 15) is 28.8 Å². The summed E-state index contributed by atoms with van der Waals surface area (Å²) in [4.78, 5) is 79.4. The summed E-state index contributed by atoms with van der Waals surface area (Å²) >= 11 is 0. The Kier molecular flexibility index (Phi) is 30.8. The van der Waals surface area contributed by atoms with E-state index >= 15 is 0 Å². The highest BCUT2D eigenvalue weighted by molar-refractivity contribution is 7.44. The van der Waals surface area contributed by atoms with E-state index in [2.05, 4.69) is 70.7 Å². The summed E-state index contributed by atoms with van der Waals surface area (Å²) in [5, 5.41) is 14.4. The zero-order chi connectivity index (χ0) is 50.4. The van der Waals surface area contributed by atoms with Crippen molar-refractivity contribution in [2.45, 2.75) is 137 Å². The summed E-state index contributed by atoms with van der Waals surface area (Å²) in [7, 11) is -1.32. The smallest absolute Gasteiger partial charge is 0.305 e. The van der Waals surface area contributed by atoms with Crippen LogP contribution in [0.4, 0.5) is 0 Å². The van der Waals surface area contributed by atoms with Gasteiger partial charge in [0.25, 0.3) is 8.53 Å². The van der Waals surface area contributed by atoms with Gasteiger partial charge in [-0.25, -0.2) is 4.67 Å². The number of carbonyl (C=O) groups is 6. The van der Waals surface area contributed by atoms with Gasteiger partial charge in [0.05, 0.1) is 78.7 Å². The van der Waals surface area contributed by atoms with Gasteiger partial charge in [-0.3, -0.25) is 43.5 Å². The van der Waals surface area contributed by atoms with Crippen molar-refractivity contribution >= 4 is 44.2 Å². The van der Waals surface area contributed by atoms with Crippen LogP contribution in [-0.4, -0.2) is 203 Å². The predicted molar refractivity (Wildman–Crippen MR) is 246 cm³/mol. The lowest BCUT2D eigenvalue weighted by molar-refractivity contribution is -0.279. The molecule has 0 bridgehead atoms. The Labute approximate surface area is 403 Å². The Hall–Kier alpha value is -3.66. The molecule has 0 radical (unpaired) electrons. The first-order valence-electron chi connectivity index (χ1n) is 23.4. The van der Waals surface area contributed by atoms with Crippen LogP contribution in [0, 0.1) is 11.3 Å². The van der Waals surface area contributed by atoms with E-state index in [4.69, 9.17) is 52.2 Å². The molecule has 6 unspecified atom stereocenters. The van der Waals surface area contributed by atoms with Gasteiger partial charge in [0.2, 0.25) is 11.8 Å². The fraction of sp³-hybridized carbons (Fsp3) is 0.841. The van der Waals surface area contributed by atoms with E-state index in [1.54, 1.807) is 0 Å². The maximum absolute atomic E-state index is 12.5. The monoisotopic (exact) mass is 992 g/mol. The average molecular weight is 992 g/mol. The molecule has 2 heterocycles. The molecule has 0 aromatic carbocycles. The molecule has 2 aliphatic rings. The molecule has 24 heteroatoms. The second kappa shape index (κ2) is 34.6. The summed E-state index contributed by atoms with van der Waals surface area (Å²) in [6.45, 7) is 21.5. The topological polar surface area (TPSA) is 256 Å². The molecule has 23 nitrogen and oxygen atoms in total. The summed E-state index contributed by atoms with van der Waals surface area (Å²) < 4.78 is 58.9. The highest BCUT2D eigenvalue weighted by atomic mass is 31.2. The molecule has 0 aromatic heterocycles. The molecule has 2 N–H and O–H groups in total. The first kappa shape index (κ1) is 60.5. The number of amides is 2. The van der Waals surface area contributed by atoms with Gasteiger partial charge in [0.15, 0.2) is 18.5 Å². The molecular formula is C44H78N7O16P. The highest BCUT2D eigenvalue weighted by Crippen LogP contribution is 2.46. The van der Waals surface area contributed by atoms with Crippen molar-refractivity contribution in [3.05, 3.63) is 0 Å². The van der Waals surface area contributed by atoms with Crippen molar-refractivity contribution in [2.75, 3.05) is 106 Å². The largest absolute Gasteiger partial charge is 0.464 e. The van der Waals surface area contributed by atoms with Gasteiger partial charge >= 0.3 is 23.9 Å². The second-order valence-electron chi connectivity index (χ2n) is 16.7. The zero-order valence-corrected chi connectivity index (χ0v) is 42.5. The number of nitrogens with one attached hydrogen (secondary N) is 2. The van der Waals surface area contributed by atoms with Crippen LogP contribution in [0.25, 0.3) is 0 Å². The van der Waals surface area contributed by atoms with Crippen LogP contribution in [0.2, 0.25) is 0 Å². The summed E-state index contributed by atoms with van der Waals surface area (Å²) in [6, 6.07) is 1.49. The molecule has 0 aliphatic carbocycles. The van der Waals surface area contributed by atoms with E-state index in [1.807, 2.05) is 0 Å². The van der Waals surface area contributed by atoms with Crippen molar-refractivity contribution in [1.29, 1.82) is 5.26 Å². The Morgan fingerprint density at radius 2 is 1.32 bits per heavy atom. The number of hydrogen-bond acceptors (Lipinski definition) is 21. The van der Waals surface area contributed by atoms with Crippen LogP contribution in [0.15, 0.2) is 0 Å². The molecular weight excluding hydrogens is 913 g/mol. The van der Waals surface area contributed by atoms with Crippen molar-refractivity contribution < 1.29 is 75.7 Å². The third kappa shape index (κ3) is 25.3. The Morgan fingerprint density at radius 3 is 1.91 bits per heavy atom. The highest BCUT2D eigenvalue weighted by Gasteiger charge is 2.51. The van der Waals surface area contributed by atoms with E-state index in [1.165, 1.54) is 13.8 Å². The maximum atomic E-state index is 12.5. The van der Waals surface area contributed by atoms with E-state index in [0.717, 1.165) is 40.2 Å². The fourth-order valence-corrected chi connectivity index (χ4v) is 8.95. The first-order valence-corrected chi connectivity index (χ1v) is 24.6.